The molecule has 0 bridgehead atoms. The highest BCUT2D eigenvalue weighted by molar-refractivity contribution is 4.94. The van der Waals surface area contributed by atoms with E-state index in [0.29, 0.717) is 12.6 Å². The summed E-state index contributed by atoms with van der Waals surface area (Å²) in [6.07, 6.45) is 1.23. The predicted octanol–water partition coefficient (Wildman–Crippen LogP) is 0.376. The van der Waals surface area contributed by atoms with Gasteiger partial charge in [0.25, 0.3) is 0 Å². The lowest BCUT2D eigenvalue weighted by Gasteiger charge is -2.38. The van der Waals surface area contributed by atoms with Crippen molar-refractivity contribution in [2.75, 3.05) is 46.9 Å². The summed E-state index contributed by atoms with van der Waals surface area (Å²) in [5.74, 6) is 0. The quantitative estimate of drug-likeness (QED) is 0.715. The van der Waals surface area contributed by atoms with Crippen LogP contribution < -0.4 is 5.73 Å². The number of ether oxygens (including phenoxy) is 1. The van der Waals surface area contributed by atoms with Crippen LogP contribution in [0.25, 0.3) is 0 Å². The molecular weight excluding hydrogens is 202 g/mol. The van der Waals surface area contributed by atoms with Crippen molar-refractivity contribution < 1.29 is 4.74 Å². The molecule has 1 saturated heterocycles. The highest BCUT2D eigenvalue weighted by atomic mass is 16.5. The SMILES string of the molecule is CCOCC(C)(CN)N1CCC(N(C)C)C1. The van der Waals surface area contributed by atoms with Crippen LogP contribution in [0.4, 0.5) is 0 Å². The third kappa shape index (κ3) is 3.17. The second-order valence-corrected chi connectivity index (χ2v) is 5.19. The Kier molecular flexibility index (Phi) is 5.18. The Hall–Kier alpha value is -0.160. The van der Waals surface area contributed by atoms with Crippen LogP contribution in [-0.4, -0.2) is 68.3 Å². The Morgan fingerprint density at radius 3 is 2.62 bits per heavy atom. The van der Waals surface area contributed by atoms with Gasteiger partial charge >= 0.3 is 0 Å². The molecule has 1 heterocycles. The minimum Gasteiger partial charge on any atom is -0.380 e. The van der Waals surface area contributed by atoms with Crippen molar-refractivity contribution in [3.8, 4) is 0 Å². The maximum absolute atomic E-state index is 5.91. The van der Waals surface area contributed by atoms with E-state index in [2.05, 4.69) is 30.8 Å². The fourth-order valence-electron chi connectivity index (χ4n) is 2.25. The standard InChI is InChI=1S/C12H27N3O/c1-5-16-10-12(2,9-13)15-7-6-11(8-15)14(3)4/h11H,5-10,13H2,1-4H3. The number of nitrogens with zero attached hydrogens (tertiary/aromatic N) is 2. The molecule has 2 unspecified atom stereocenters. The van der Waals surface area contributed by atoms with E-state index in [9.17, 15) is 0 Å². The molecule has 0 aromatic carbocycles. The molecule has 0 aliphatic carbocycles. The Labute approximate surface area is 99.7 Å². The molecule has 1 fully saturated rings. The van der Waals surface area contributed by atoms with Crippen molar-refractivity contribution in [2.24, 2.45) is 5.73 Å². The smallest absolute Gasteiger partial charge is 0.0659 e. The van der Waals surface area contributed by atoms with Crippen molar-refractivity contribution in [3.05, 3.63) is 0 Å². The second kappa shape index (κ2) is 5.96. The fraction of sp³-hybridized carbons (Fsp3) is 1.00. The highest BCUT2D eigenvalue weighted by Crippen LogP contribution is 2.23. The molecule has 0 aromatic rings. The van der Waals surface area contributed by atoms with Crippen LogP contribution in [0.1, 0.15) is 20.3 Å². The van der Waals surface area contributed by atoms with Gasteiger partial charge in [-0.15, -0.1) is 0 Å². The Balaban J connectivity index is 2.54. The molecule has 1 aliphatic heterocycles. The molecule has 2 atom stereocenters. The summed E-state index contributed by atoms with van der Waals surface area (Å²) in [5.41, 5.74) is 5.91. The fourth-order valence-corrected chi connectivity index (χ4v) is 2.25. The van der Waals surface area contributed by atoms with E-state index in [1.54, 1.807) is 0 Å². The van der Waals surface area contributed by atoms with Crippen molar-refractivity contribution >= 4 is 0 Å². The van der Waals surface area contributed by atoms with Gasteiger partial charge in [0.05, 0.1) is 12.1 Å². The lowest BCUT2D eigenvalue weighted by molar-refractivity contribution is 0.0200. The minimum atomic E-state index is 0.000764. The van der Waals surface area contributed by atoms with Crippen molar-refractivity contribution in [3.63, 3.8) is 0 Å². The van der Waals surface area contributed by atoms with Gasteiger partial charge < -0.3 is 15.4 Å². The number of hydrogen-bond acceptors (Lipinski definition) is 4. The first kappa shape index (κ1) is 13.9. The third-order valence-corrected chi connectivity index (χ3v) is 3.71. The first-order valence-corrected chi connectivity index (χ1v) is 6.22. The molecule has 96 valence electrons. The van der Waals surface area contributed by atoms with Gasteiger partial charge in [0.2, 0.25) is 0 Å². The van der Waals surface area contributed by atoms with E-state index in [0.717, 1.165) is 26.3 Å². The normalized spacial score (nSPS) is 26.2. The summed E-state index contributed by atoms with van der Waals surface area (Å²) in [4.78, 5) is 4.78. The molecule has 16 heavy (non-hydrogen) atoms. The average Bonchev–Trinajstić information content (AvgIpc) is 2.75. The maximum atomic E-state index is 5.91. The van der Waals surface area contributed by atoms with Crippen molar-refractivity contribution in [2.45, 2.75) is 31.8 Å². The van der Waals surface area contributed by atoms with Gasteiger partial charge in [0.1, 0.15) is 0 Å². The van der Waals surface area contributed by atoms with Gasteiger partial charge in [-0.3, -0.25) is 4.90 Å². The van der Waals surface area contributed by atoms with Gasteiger partial charge in [-0.05, 0) is 34.4 Å². The summed E-state index contributed by atoms with van der Waals surface area (Å²) in [6.45, 7) is 8.63. The number of nitrogens with two attached hydrogens (primary N) is 1. The molecule has 2 N–H and O–H groups in total. The third-order valence-electron chi connectivity index (χ3n) is 3.71. The Morgan fingerprint density at radius 2 is 2.19 bits per heavy atom. The van der Waals surface area contributed by atoms with Crippen molar-refractivity contribution in [1.82, 2.24) is 9.80 Å². The molecule has 0 aromatic heterocycles. The average molecular weight is 229 g/mol. The maximum Gasteiger partial charge on any atom is 0.0659 e. The van der Waals surface area contributed by atoms with Crippen LogP contribution in [0.5, 0.6) is 0 Å². The summed E-state index contributed by atoms with van der Waals surface area (Å²) in [7, 11) is 4.30. The van der Waals surface area contributed by atoms with E-state index in [1.165, 1.54) is 6.42 Å². The van der Waals surface area contributed by atoms with Crippen LogP contribution >= 0.6 is 0 Å². The van der Waals surface area contributed by atoms with Crippen LogP contribution in [-0.2, 0) is 4.74 Å². The lowest BCUT2D eigenvalue weighted by Crippen LogP contribution is -2.54. The summed E-state index contributed by atoms with van der Waals surface area (Å²) in [6, 6.07) is 0.660. The first-order chi connectivity index (χ1) is 7.53. The van der Waals surface area contributed by atoms with Gasteiger partial charge in [-0.25, -0.2) is 0 Å². The van der Waals surface area contributed by atoms with Crippen molar-refractivity contribution in [1.29, 1.82) is 0 Å². The number of likely N-dealkylation sites (N-methyl/N-ethyl adjacent to an activating group) is 1. The lowest BCUT2D eigenvalue weighted by atomic mass is 10.0. The van der Waals surface area contributed by atoms with E-state index in [1.807, 2.05) is 6.92 Å². The van der Waals surface area contributed by atoms with E-state index < -0.39 is 0 Å². The van der Waals surface area contributed by atoms with Gasteiger partial charge in [-0.2, -0.15) is 0 Å². The number of hydrogen-bond donors (Lipinski definition) is 1. The van der Waals surface area contributed by atoms with Crippen LogP contribution in [0.3, 0.4) is 0 Å². The van der Waals surface area contributed by atoms with E-state index >= 15 is 0 Å². The first-order valence-electron chi connectivity index (χ1n) is 6.22. The van der Waals surface area contributed by atoms with Gasteiger partial charge in [0.15, 0.2) is 0 Å². The zero-order chi connectivity index (χ0) is 12.2. The summed E-state index contributed by atoms with van der Waals surface area (Å²) >= 11 is 0. The number of likely N-dealkylation sites (tertiary alicyclic amines) is 1. The van der Waals surface area contributed by atoms with Crippen LogP contribution in [0, 0.1) is 0 Å². The Morgan fingerprint density at radius 1 is 1.50 bits per heavy atom. The summed E-state index contributed by atoms with van der Waals surface area (Å²) < 4.78 is 5.56. The molecule has 4 nitrogen and oxygen atoms in total. The molecule has 1 aliphatic rings. The topological polar surface area (TPSA) is 41.7 Å². The van der Waals surface area contributed by atoms with Gasteiger partial charge in [-0.1, -0.05) is 0 Å². The van der Waals surface area contributed by atoms with Gasteiger partial charge in [0, 0.05) is 32.3 Å². The molecule has 0 amide bonds. The monoisotopic (exact) mass is 229 g/mol. The molecule has 0 radical (unpaired) electrons. The largest absolute Gasteiger partial charge is 0.380 e. The highest BCUT2D eigenvalue weighted by Gasteiger charge is 2.36. The van der Waals surface area contributed by atoms with Crippen LogP contribution in [0.15, 0.2) is 0 Å². The zero-order valence-electron chi connectivity index (χ0n) is 11.2. The summed E-state index contributed by atoms with van der Waals surface area (Å²) in [5, 5.41) is 0. The second-order valence-electron chi connectivity index (χ2n) is 5.19. The molecular formula is C12H27N3O. The Bertz CT molecular complexity index is 210. The van der Waals surface area contributed by atoms with E-state index in [4.69, 9.17) is 10.5 Å². The predicted molar refractivity (Wildman–Crippen MR) is 67.6 cm³/mol. The number of rotatable bonds is 6. The molecule has 0 saturated carbocycles. The molecule has 1 rings (SSSR count). The molecule has 0 spiro atoms. The minimum absolute atomic E-state index is 0.000764. The van der Waals surface area contributed by atoms with E-state index in [-0.39, 0.29) is 5.54 Å². The molecule has 4 heteroatoms. The van der Waals surface area contributed by atoms with Crippen LogP contribution in [0.2, 0.25) is 0 Å². The zero-order valence-corrected chi connectivity index (χ0v) is 11.2.